The number of nitrogens with zero attached hydrogens (tertiary/aromatic N) is 1. The van der Waals surface area contributed by atoms with Gasteiger partial charge in [0.05, 0.1) is 0 Å². The molecule has 94 valence electrons. The SMILES string of the molecule is O=c1ccnc(SCc2cccc3ccccc23)[nH]1. The van der Waals surface area contributed by atoms with E-state index >= 15 is 0 Å². The maximum atomic E-state index is 11.2. The van der Waals surface area contributed by atoms with E-state index in [2.05, 4.69) is 40.3 Å². The number of rotatable bonds is 3. The van der Waals surface area contributed by atoms with Gasteiger partial charge in [0, 0.05) is 18.0 Å². The zero-order valence-electron chi connectivity index (χ0n) is 10.2. The average Bonchev–Trinajstić information content (AvgIpc) is 2.45. The molecule has 2 aromatic carbocycles. The van der Waals surface area contributed by atoms with Crippen molar-refractivity contribution >= 4 is 22.5 Å². The number of hydrogen-bond acceptors (Lipinski definition) is 3. The molecule has 1 aromatic heterocycles. The Hall–Kier alpha value is -2.07. The zero-order chi connectivity index (χ0) is 13.1. The van der Waals surface area contributed by atoms with Crippen molar-refractivity contribution in [3.05, 3.63) is 70.6 Å². The van der Waals surface area contributed by atoms with E-state index in [4.69, 9.17) is 0 Å². The normalized spacial score (nSPS) is 10.7. The Morgan fingerprint density at radius 3 is 2.79 bits per heavy atom. The highest BCUT2D eigenvalue weighted by molar-refractivity contribution is 7.98. The first-order valence-corrected chi connectivity index (χ1v) is 6.96. The van der Waals surface area contributed by atoms with Crippen molar-refractivity contribution in [3.8, 4) is 0 Å². The third-order valence-corrected chi connectivity index (χ3v) is 3.83. The molecule has 0 bridgehead atoms. The quantitative estimate of drug-likeness (QED) is 0.586. The fourth-order valence-corrected chi connectivity index (χ4v) is 2.84. The molecule has 1 N–H and O–H groups in total. The van der Waals surface area contributed by atoms with Gasteiger partial charge in [-0.05, 0) is 16.3 Å². The van der Waals surface area contributed by atoms with Gasteiger partial charge in [-0.2, -0.15) is 0 Å². The second kappa shape index (κ2) is 5.28. The molecule has 3 rings (SSSR count). The van der Waals surface area contributed by atoms with Crippen LogP contribution >= 0.6 is 11.8 Å². The zero-order valence-corrected chi connectivity index (χ0v) is 11.0. The molecule has 0 atom stereocenters. The third-order valence-electron chi connectivity index (χ3n) is 2.89. The second-order valence-corrected chi connectivity index (χ2v) is 5.13. The average molecular weight is 268 g/mol. The maximum Gasteiger partial charge on any atom is 0.251 e. The number of hydrogen-bond donors (Lipinski definition) is 1. The monoisotopic (exact) mass is 268 g/mol. The summed E-state index contributed by atoms with van der Waals surface area (Å²) in [5, 5.41) is 3.13. The van der Waals surface area contributed by atoms with E-state index in [-0.39, 0.29) is 5.56 Å². The molecule has 3 nitrogen and oxygen atoms in total. The van der Waals surface area contributed by atoms with Gasteiger partial charge >= 0.3 is 0 Å². The molecule has 0 aliphatic heterocycles. The number of fused-ring (bicyclic) bond motifs is 1. The van der Waals surface area contributed by atoms with Crippen LogP contribution in [-0.4, -0.2) is 9.97 Å². The van der Waals surface area contributed by atoms with Gasteiger partial charge in [0.2, 0.25) is 0 Å². The molecule has 0 aliphatic rings. The van der Waals surface area contributed by atoms with E-state index in [0.717, 1.165) is 5.75 Å². The fraction of sp³-hybridized carbons (Fsp3) is 0.0667. The summed E-state index contributed by atoms with van der Waals surface area (Å²) in [5.41, 5.74) is 1.13. The number of aromatic amines is 1. The molecule has 0 amide bonds. The summed E-state index contributed by atoms with van der Waals surface area (Å²) in [6.45, 7) is 0. The van der Waals surface area contributed by atoms with Gasteiger partial charge in [-0.15, -0.1) is 0 Å². The van der Waals surface area contributed by atoms with Crippen molar-refractivity contribution in [2.75, 3.05) is 0 Å². The van der Waals surface area contributed by atoms with Crippen LogP contribution in [0.1, 0.15) is 5.56 Å². The highest BCUT2D eigenvalue weighted by Gasteiger charge is 2.02. The van der Waals surface area contributed by atoms with E-state index in [0.29, 0.717) is 5.16 Å². The van der Waals surface area contributed by atoms with Crippen LogP contribution in [0.25, 0.3) is 10.8 Å². The van der Waals surface area contributed by atoms with E-state index in [1.54, 1.807) is 0 Å². The lowest BCUT2D eigenvalue weighted by molar-refractivity contribution is 0.936. The highest BCUT2D eigenvalue weighted by Crippen LogP contribution is 2.24. The summed E-state index contributed by atoms with van der Waals surface area (Å²) in [6, 6.07) is 16.0. The lowest BCUT2D eigenvalue weighted by Crippen LogP contribution is -2.05. The van der Waals surface area contributed by atoms with E-state index in [1.165, 1.54) is 40.4 Å². The van der Waals surface area contributed by atoms with Gasteiger partial charge in [0.1, 0.15) is 0 Å². The topological polar surface area (TPSA) is 45.8 Å². The first kappa shape index (κ1) is 12.0. The molecule has 0 fully saturated rings. The Morgan fingerprint density at radius 2 is 1.89 bits per heavy atom. The van der Waals surface area contributed by atoms with Crippen LogP contribution < -0.4 is 5.56 Å². The van der Waals surface area contributed by atoms with Gasteiger partial charge in [-0.25, -0.2) is 4.98 Å². The van der Waals surface area contributed by atoms with Crippen LogP contribution in [0.5, 0.6) is 0 Å². The van der Waals surface area contributed by atoms with Crippen LogP contribution in [0.3, 0.4) is 0 Å². The Labute approximate surface area is 114 Å². The van der Waals surface area contributed by atoms with Crippen molar-refractivity contribution < 1.29 is 0 Å². The minimum atomic E-state index is -0.115. The number of H-pyrrole nitrogens is 1. The number of thioether (sulfide) groups is 1. The smallest absolute Gasteiger partial charge is 0.251 e. The van der Waals surface area contributed by atoms with Crippen LogP contribution in [0.4, 0.5) is 0 Å². The third kappa shape index (κ3) is 2.69. The Bertz CT molecular complexity index is 762. The number of benzene rings is 2. The van der Waals surface area contributed by atoms with Gasteiger partial charge in [-0.3, -0.25) is 4.79 Å². The van der Waals surface area contributed by atoms with Gasteiger partial charge in [0.15, 0.2) is 5.16 Å². The molecule has 0 aliphatic carbocycles. The summed E-state index contributed by atoms with van der Waals surface area (Å²) in [7, 11) is 0. The largest absolute Gasteiger partial charge is 0.301 e. The lowest BCUT2D eigenvalue weighted by atomic mass is 10.1. The lowest BCUT2D eigenvalue weighted by Gasteiger charge is -2.05. The summed E-state index contributed by atoms with van der Waals surface area (Å²) in [4.78, 5) is 18.1. The molecule has 0 radical (unpaired) electrons. The Morgan fingerprint density at radius 1 is 1.05 bits per heavy atom. The van der Waals surface area contributed by atoms with Crippen molar-refractivity contribution in [2.24, 2.45) is 0 Å². The minimum Gasteiger partial charge on any atom is -0.301 e. The molecule has 0 saturated heterocycles. The molecule has 0 saturated carbocycles. The summed E-state index contributed by atoms with van der Waals surface area (Å²) < 4.78 is 0. The molecule has 0 unspecified atom stereocenters. The van der Waals surface area contributed by atoms with E-state index in [1.807, 2.05) is 12.1 Å². The van der Waals surface area contributed by atoms with Crippen LogP contribution in [0.15, 0.2) is 64.7 Å². The Balaban J connectivity index is 1.88. The predicted molar refractivity (Wildman–Crippen MR) is 78.4 cm³/mol. The summed E-state index contributed by atoms with van der Waals surface area (Å²) in [5.74, 6) is 0.786. The minimum absolute atomic E-state index is 0.115. The first-order chi connectivity index (χ1) is 9.33. The molecular formula is C15H12N2OS. The van der Waals surface area contributed by atoms with Crippen molar-refractivity contribution in [3.63, 3.8) is 0 Å². The van der Waals surface area contributed by atoms with E-state index in [9.17, 15) is 4.79 Å². The van der Waals surface area contributed by atoms with Crippen LogP contribution in [0.2, 0.25) is 0 Å². The second-order valence-electron chi connectivity index (χ2n) is 4.17. The summed E-state index contributed by atoms with van der Waals surface area (Å²) in [6.07, 6.45) is 1.53. The van der Waals surface area contributed by atoms with E-state index < -0.39 is 0 Å². The molecular weight excluding hydrogens is 256 g/mol. The van der Waals surface area contributed by atoms with Gasteiger partial charge in [-0.1, -0.05) is 54.2 Å². The molecule has 4 heteroatoms. The van der Waals surface area contributed by atoms with Crippen molar-refractivity contribution in [1.82, 2.24) is 9.97 Å². The van der Waals surface area contributed by atoms with Crippen molar-refractivity contribution in [2.45, 2.75) is 10.9 Å². The maximum absolute atomic E-state index is 11.2. The Kier molecular flexibility index (Phi) is 3.33. The number of nitrogens with one attached hydrogen (secondary N) is 1. The molecule has 19 heavy (non-hydrogen) atoms. The van der Waals surface area contributed by atoms with Crippen molar-refractivity contribution in [1.29, 1.82) is 0 Å². The van der Waals surface area contributed by atoms with Gasteiger partial charge < -0.3 is 4.98 Å². The highest BCUT2D eigenvalue weighted by atomic mass is 32.2. The predicted octanol–water partition coefficient (Wildman–Crippen LogP) is 3.22. The van der Waals surface area contributed by atoms with Gasteiger partial charge in [0.25, 0.3) is 5.56 Å². The molecule has 3 aromatic rings. The molecule has 0 spiro atoms. The number of aromatic nitrogens is 2. The summed E-state index contributed by atoms with van der Waals surface area (Å²) >= 11 is 1.54. The standard InChI is InChI=1S/C15H12N2OS/c18-14-8-9-16-15(17-14)19-10-12-6-3-5-11-4-1-2-7-13(11)12/h1-9H,10H2,(H,16,17,18). The molecule has 1 heterocycles. The fourth-order valence-electron chi connectivity index (χ4n) is 1.99. The first-order valence-electron chi connectivity index (χ1n) is 5.98. The van der Waals surface area contributed by atoms with Crippen LogP contribution in [-0.2, 0) is 5.75 Å². The van der Waals surface area contributed by atoms with Crippen LogP contribution in [0, 0.1) is 0 Å².